The minimum Gasteiger partial charge on any atom is -0.309 e. The van der Waals surface area contributed by atoms with Crippen molar-refractivity contribution >= 4 is 87.2 Å². The van der Waals surface area contributed by atoms with Crippen molar-refractivity contribution in [2.45, 2.75) is 27.7 Å². The normalized spacial score (nSPS) is 11.8. The van der Waals surface area contributed by atoms with Crippen LogP contribution >= 0.6 is 0 Å². The molecule has 18 rings (SSSR count). The van der Waals surface area contributed by atoms with Crippen LogP contribution in [0, 0.1) is 39.0 Å². The highest BCUT2D eigenvalue weighted by molar-refractivity contribution is 6.15. The number of aromatic nitrogens is 5. The summed E-state index contributed by atoms with van der Waals surface area (Å²) in [4.78, 5) is 5.23. The van der Waals surface area contributed by atoms with E-state index in [1.807, 2.05) is 6.92 Å². The number of benzene rings is 13. The van der Waals surface area contributed by atoms with Gasteiger partial charge in [-0.1, -0.05) is 187 Å². The van der Waals surface area contributed by atoms with Crippen LogP contribution in [0.5, 0.6) is 0 Å². The van der Waals surface area contributed by atoms with Gasteiger partial charge in [-0.3, -0.25) is 4.98 Å². The molecule has 0 fully saturated rings. The highest BCUT2D eigenvalue weighted by Gasteiger charge is 2.31. The Morgan fingerprint density at radius 1 is 0.266 bits per heavy atom. The van der Waals surface area contributed by atoms with Gasteiger partial charge in [0.25, 0.3) is 0 Å². The molecule has 0 aliphatic carbocycles. The van der Waals surface area contributed by atoms with Crippen molar-refractivity contribution in [2.24, 2.45) is 0 Å². The van der Waals surface area contributed by atoms with Crippen LogP contribution < -0.4 is 0 Å². The van der Waals surface area contributed by atoms with E-state index in [9.17, 15) is 5.26 Å². The molecule has 0 saturated heterocycles. The van der Waals surface area contributed by atoms with Crippen molar-refractivity contribution in [3.63, 3.8) is 0 Å². The first-order valence-electron chi connectivity index (χ1n) is 32.2. The van der Waals surface area contributed by atoms with Crippen molar-refractivity contribution in [1.82, 2.24) is 23.3 Å². The second-order valence-corrected chi connectivity index (χ2v) is 25.1. The van der Waals surface area contributed by atoms with Gasteiger partial charge >= 0.3 is 0 Å². The van der Waals surface area contributed by atoms with Gasteiger partial charge in [-0.25, -0.2) is 0 Å². The number of nitrogens with zero attached hydrogens (tertiary/aromatic N) is 6. The van der Waals surface area contributed by atoms with Crippen LogP contribution in [0.3, 0.4) is 0 Å². The Bertz CT molecular complexity index is 6110. The van der Waals surface area contributed by atoms with Crippen LogP contribution in [-0.2, 0) is 0 Å². The molecular weight excluding hydrogens is 1140 g/mol. The van der Waals surface area contributed by atoms with Gasteiger partial charge in [0.2, 0.25) is 0 Å². The summed E-state index contributed by atoms with van der Waals surface area (Å²) in [5.74, 6) is 0. The summed E-state index contributed by atoms with van der Waals surface area (Å²) in [6.07, 6.45) is 0. The van der Waals surface area contributed by atoms with E-state index < -0.39 is 0 Å². The van der Waals surface area contributed by atoms with Crippen LogP contribution in [0.4, 0.5) is 0 Å². The standard InChI is InChI=1S/C88H60N6/c1-54-35-47-82-73(49-54)71-27-9-15-33-80(71)91(82)62-42-38-58(39-43-62)84-75(53-89)88(66-46-37-56(3)90-57(66)4)85(59-40-44-63(45-41-59)92-81-34-16-10-28-72(81)74-50-55(2)36-48-83(74)92)87(61-20-18-22-65(52-61)94-78-31-13-7-25-69(78)70-26-8-14-32-79(70)94)86(84)60-19-17-21-64(51-60)93-76-29-11-5-23-67(76)68-24-6-12-30-77(68)93/h5-52H,1-4H3. The van der Waals surface area contributed by atoms with Crippen molar-refractivity contribution < 1.29 is 0 Å². The van der Waals surface area contributed by atoms with E-state index in [1.54, 1.807) is 0 Å². The summed E-state index contributed by atoms with van der Waals surface area (Å²) in [6, 6.07) is 109. The van der Waals surface area contributed by atoms with Crippen molar-refractivity contribution in [3.8, 4) is 84.5 Å². The molecule has 0 saturated carbocycles. The first-order valence-corrected chi connectivity index (χ1v) is 32.2. The van der Waals surface area contributed by atoms with Crippen molar-refractivity contribution in [2.75, 3.05) is 0 Å². The number of hydrogen-bond donors (Lipinski definition) is 0. The van der Waals surface area contributed by atoms with Crippen LogP contribution in [-0.4, -0.2) is 23.3 Å². The minimum absolute atomic E-state index is 0.560. The molecule has 0 aliphatic rings. The Morgan fingerprint density at radius 2 is 0.606 bits per heavy atom. The Balaban J connectivity index is 0.986. The van der Waals surface area contributed by atoms with Gasteiger partial charge in [-0.05, 0) is 182 Å². The van der Waals surface area contributed by atoms with E-state index in [0.29, 0.717) is 5.56 Å². The van der Waals surface area contributed by atoms with E-state index in [-0.39, 0.29) is 0 Å². The second kappa shape index (κ2) is 21.4. The molecule has 0 unspecified atom stereocenters. The number of aryl methyl sites for hydroxylation is 4. The first kappa shape index (κ1) is 54.6. The maximum atomic E-state index is 12.7. The number of pyridine rings is 1. The fourth-order valence-corrected chi connectivity index (χ4v) is 15.5. The predicted octanol–water partition coefficient (Wildman–Crippen LogP) is 22.9. The summed E-state index contributed by atoms with van der Waals surface area (Å²) in [7, 11) is 0. The van der Waals surface area contributed by atoms with Gasteiger partial charge in [0.15, 0.2) is 0 Å². The van der Waals surface area contributed by atoms with Gasteiger partial charge in [-0.2, -0.15) is 5.26 Å². The van der Waals surface area contributed by atoms with Gasteiger partial charge in [0.05, 0.1) is 49.7 Å². The summed E-state index contributed by atoms with van der Waals surface area (Å²) >= 11 is 0. The van der Waals surface area contributed by atoms with E-state index in [2.05, 4.69) is 336 Å². The highest BCUT2D eigenvalue weighted by atomic mass is 15.0. The second-order valence-electron chi connectivity index (χ2n) is 25.1. The SMILES string of the molecule is Cc1ccc2c(c1)c1ccccc1n2-c1ccc(-c2c(C#N)c(-c3ccc(C)nc3C)c(-c3ccc(-n4c5ccccc5c5cc(C)ccc54)cc3)c(-c3cccc(-n4c5ccccc5c5ccccc54)c3)c2-c2cccc(-n3c4ccccc4c4ccccc43)c2)cc1. The third-order valence-electron chi connectivity index (χ3n) is 19.5. The largest absolute Gasteiger partial charge is 0.309 e. The molecule has 442 valence electrons. The smallest absolute Gasteiger partial charge is 0.100 e. The summed E-state index contributed by atoms with van der Waals surface area (Å²) in [5, 5.41) is 22.2. The van der Waals surface area contributed by atoms with Crippen molar-refractivity contribution in [3.05, 3.63) is 319 Å². The van der Waals surface area contributed by atoms with Gasteiger partial charge in [0.1, 0.15) is 6.07 Å². The molecular formula is C88H60N6. The zero-order valence-corrected chi connectivity index (χ0v) is 52.4. The molecule has 5 heterocycles. The number of rotatable bonds is 9. The van der Waals surface area contributed by atoms with E-state index >= 15 is 0 Å². The molecule has 0 atom stereocenters. The molecule has 0 spiro atoms. The zero-order valence-electron chi connectivity index (χ0n) is 52.4. The third kappa shape index (κ3) is 8.38. The molecule has 0 aliphatic heterocycles. The quantitative estimate of drug-likeness (QED) is 0.145. The Morgan fingerprint density at radius 3 is 1.00 bits per heavy atom. The van der Waals surface area contributed by atoms with Crippen LogP contribution in [0.25, 0.3) is 166 Å². The summed E-state index contributed by atoms with van der Waals surface area (Å²) in [5.41, 5.74) is 27.1. The lowest BCUT2D eigenvalue weighted by molar-refractivity contribution is 1.12. The fourth-order valence-electron chi connectivity index (χ4n) is 15.5. The van der Waals surface area contributed by atoms with Crippen LogP contribution in [0.1, 0.15) is 28.1 Å². The Kier molecular flexibility index (Phi) is 12.4. The molecule has 5 aromatic heterocycles. The molecule has 0 radical (unpaired) electrons. The summed E-state index contributed by atoms with van der Waals surface area (Å²) in [6.45, 7) is 8.46. The maximum absolute atomic E-state index is 12.7. The average Bonchev–Trinajstić information content (AvgIpc) is 1.06. The molecule has 18 aromatic rings. The van der Waals surface area contributed by atoms with E-state index in [1.165, 1.54) is 54.2 Å². The molecule has 6 nitrogen and oxygen atoms in total. The average molecular weight is 1200 g/mol. The zero-order chi connectivity index (χ0) is 62.9. The lowest BCUT2D eigenvalue weighted by Gasteiger charge is -2.27. The van der Waals surface area contributed by atoms with Crippen LogP contribution in [0.15, 0.2) is 291 Å². The van der Waals surface area contributed by atoms with E-state index in [0.717, 1.165) is 134 Å². The van der Waals surface area contributed by atoms with Gasteiger partial charge < -0.3 is 18.3 Å². The monoisotopic (exact) mass is 1200 g/mol. The molecule has 0 bridgehead atoms. The molecule has 13 aromatic carbocycles. The first-order chi connectivity index (χ1) is 46.3. The number of nitriles is 1. The Labute approximate surface area is 544 Å². The third-order valence-corrected chi connectivity index (χ3v) is 19.5. The number of fused-ring (bicyclic) bond motifs is 12. The topological polar surface area (TPSA) is 56.4 Å². The van der Waals surface area contributed by atoms with Crippen LogP contribution in [0.2, 0.25) is 0 Å². The minimum atomic E-state index is 0.560. The Hall–Kier alpha value is -12.3. The van der Waals surface area contributed by atoms with Gasteiger partial charge in [0, 0.05) is 93.9 Å². The fraction of sp³-hybridized carbons (Fsp3) is 0.0455. The lowest BCUT2D eigenvalue weighted by Crippen LogP contribution is -2.05. The molecule has 6 heteroatoms. The van der Waals surface area contributed by atoms with E-state index in [4.69, 9.17) is 4.98 Å². The van der Waals surface area contributed by atoms with Gasteiger partial charge in [-0.15, -0.1) is 0 Å². The number of para-hydroxylation sites is 6. The molecule has 0 N–H and O–H groups in total. The molecule has 94 heavy (non-hydrogen) atoms. The van der Waals surface area contributed by atoms with Crippen molar-refractivity contribution in [1.29, 1.82) is 5.26 Å². The lowest BCUT2D eigenvalue weighted by atomic mass is 9.75. The summed E-state index contributed by atoms with van der Waals surface area (Å²) < 4.78 is 9.57. The number of hydrogen-bond acceptors (Lipinski definition) is 2. The predicted molar refractivity (Wildman–Crippen MR) is 392 cm³/mol. The highest BCUT2D eigenvalue weighted by Crippen LogP contribution is 2.54. The molecule has 0 amide bonds. The maximum Gasteiger partial charge on any atom is 0.100 e.